The van der Waals surface area contributed by atoms with Crippen LogP contribution < -0.4 is 10.1 Å². The lowest BCUT2D eigenvalue weighted by Gasteiger charge is -2.13. The van der Waals surface area contributed by atoms with Gasteiger partial charge >= 0.3 is 6.18 Å². The van der Waals surface area contributed by atoms with Gasteiger partial charge in [-0.15, -0.1) is 0 Å². The van der Waals surface area contributed by atoms with Gasteiger partial charge < -0.3 is 10.1 Å². The van der Waals surface area contributed by atoms with Crippen LogP contribution in [0.3, 0.4) is 0 Å². The average Bonchev–Trinajstić information content (AvgIpc) is 2.48. The molecule has 0 aliphatic heterocycles. The van der Waals surface area contributed by atoms with Crippen molar-refractivity contribution in [1.82, 2.24) is 0 Å². The highest BCUT2D eigenvalue weighted by atomic mass is 35.5. The number of para-hydroxylation sites is 1. The Bertz CT molecular complexity index is 719. The van der Waals surface area contributed by atoms with Crippen LogP contribution in [0.1, 0.15) is 5.56 Å². The summed E-state index contributed by atoms with van der Waals surface area (Å²) < 4.78 is 56.4. The Hall–Kier alpha value is -2.28. The number of alkyl halides is 3. The number of carbonyl (C=O) groups excluding carboxylic acids is 1. The molecule has 2 aromatic carbocycles. The minimum atomic E-state index is -4.59. The van der Waals surface area contributed by atoms with Crippen molar-refractivity contribution >= 4 is 23.2 Å². The van der Waals surface area contributed by atoms with Gasteiger partial charge in [0.25, 0.3) is 5.91 Å². The summed E-state index contributed by atoms with van der Waals surface area (Å²) in [6.45, 7) is -0.547. The van der Waals surface area contributed by atoms with E-state index in [1.54, 1.807) is 0 Å². The molecule has 8 heteroatoms. The third-order valence-electron chi connectivity index (χ3n) is 2.77. The SMILES string of the molecule is O=C(COc1ccc(F)c(Cl)c1)Nc1ccccc1C(F)(F)F. The van der Waals surface area contributed by atoms with E-state index in [1.807, 2.05) is 0 Å². The third kappa shape index (κ3) is 4.59. The minimum Gasteiger partial charge on any atom is -0.484 e. The first-order chi connectivity index (χ1) is 10.8. The first-order valence-electron chi connectivity index (χ1n) is 6.31. The number of nitrogens with one attached hydrogen (secondary N) is 1. The molecule has 2 aromatic rings. The largest absolute Gasteiger partial charge is 0.484 e. The van der Waals surface area contributed by atoms with Gasteiger partial charge in [-0.25, -0.2) is 4.39 Å². The Labute approximate surface area is 133 Å². The Morgan fingerprint density at radius 1 is 1.17 bits per heavy atom. The number of halogens is 5. The topological polar surface area (TPSA) is 38.3 Å². The molecule has 0 bridgehead atoms. The zero-order valence-corrected chi connectivity index (χ0v) is 12.2. The predicted octanol–water partition coefficient (Wildman–Crippen LogP) is 4.52. The molecule has 0 unspecified atom stereocenters. The summed E-state index contributed by atoms with van der Waals surface area (Å²) >= 11 is 5.55. The molecule has 0 spiro atoms. The maximum absolute atomic E-state index is 13.0. The number of anilines is 1. The summed E-state index contributed by atoms with van der Waals surface area (Å²) in [7, 11) is 0. The van der Waals surface area contributed by atoms with Gasteiger partial charge in [0.1, 0.15) is 11.6 Å². The summed E-state index contributed by atoms with van der Waals surface area (Å²) in [5, 5.41) is 1.93. The molecule has 0 saturated heterocycles. The molecule has 3 nitrogen and oxygen atoms in total. The highest BCUT2D eigenvalue weighted by Gasteiger charge is 2.33. The smallest absolute Gasteiger partial charge is 0.418 e. The van der Waals surface area contributed by atoms with E-state index in [-0.39, 0.29) is 16.5 Å². The second-order valence-corrected chi connectivity index (χ2v) is 4.86. The van der Waals surface area contributed by atoms with E-state index < -0.39 is 30.1 Å². The van der Waals surface area contributed by atoms with Crippen molar-refractivity contribution < 1.29 is 27.1 Å². The normalized spacial score (nSPS) is 11.2. The van der Waals surface area contributed by atoms with Crippen molar-refractivity contribution in [2.24, 2.45) is 0 Å². The molecule has 0 aliphatic rings. The molecule has 0 saturated carbocycles. The van der Waals surface area contributed by atoms with Crippen molar-refractivity contribution in [2.75, 3.05) is 11.9 Å². The van der Waals surface area contributed by atoms with E-state index in [1.165, 1.54) is 18.2 Å². The number of carbonyl (C=O) groups is 1. The lowest BCUT2D eigenvalue weighted by Crippen LogP contribution is -2.22. The van der Waals surface area contributed by atoms with E-state index in [0.29, 0.717) is 0 Å². The second-order valence-electron chi connectivity index (χ2n) is 4.46. The molecular weight excluding hydrogens is 338 g/mol. The van der Waals surface area contributed by atoms with Crippen LogP contribution in [0.2, 0.25) is 5.02 Å². The van der Waals surface area contributed by atoms with Gasteiger partial charge in [-0.1, -0.05) is 23.7 Å². The van der Waals surface area contributed by atoms with E-state index in [2.05, 4.69) is 5.32 Å². The van der Waals surface area contributed by atoms with E-state index in [0.717, 1.165) is 24.3 Å². The highest BCUT2D eigenvalue weighted by molar-refractivity contribution is 6.30. The van der Waals surface area contributed by atoms with Gasteiger partial charge in [-0.2, -0.15) is 13.2 Å². The molecule has 23 heavy (non-hydrogen) atoms. The highest BCUT2D eigenvalue weighted by Crippen LogP contribution is 2.34. The minimum absolute atomic E-state index is 0.121. The first-order valence-corrected chi connectivity index (χ1v) is 6.69. The van der Waals surface area contributed by atoms with Gasteiger partial charge in [0.15, 0.2) is 6.61 Å². The molecule has 0 aromatic heterocycles. The van der Waals surface area contributed by atoms with Crippen LogP contribution in [0.15, 0.2) is 42.5 Å². The maximum Gasteiger partial charge on any atom is 0.418 e. The molecule has 122 valence electrons. The molecule has 0 radical (unpaired) electrons. The van der Waals surface area contributed by atoms with E-state index >= 15 is 0 Å². The fourth-order valence-corrected chi connectivity index (χ4v) is 1.91. The van der Waals surface area contributed by atoms with Gasteiger partial charge in [0, 0.05) is 6.07 Å². The third-order valence-corrected chi connectivity index (χ3v) is 3.06. The van der Waals surface area contributed by atoms with Crippen molar-refractivity contribution in [1.29, 1.82) is 0 Å². The number of benzene rings is 2. The number of hydrogen-bond acceptors (Lipinski definition) is 2. The van der Waals surface area contributed by atoms with Crippen LogP contribution in [-0.2, 0) is 11.0 Å². The summed E-state index contributed by atoms with van der Waals surface area (Å²) in [4.78, 5) is 11.7. The Kier molecular flexibility index (Phi) is 5.10. The zero-order chi connectivity index (χ0) is 17.0. The Balaban J connectivity index is 2.02. The van der Waals surface area contributed by atoms with Gasteiger partial charge in [-0.3, -0.25) is 4.79 Å². The monoisotopic (exact) mass is 347 g/mol. The van der Waals surface area contributed by atoms with Crippen LogP contribution in [0.25, 0.3) is 0 Å². The van der Waals surface area contributed by atoms with Crippen LogP contribution >= 0.6 is 11.6 Å². The van der Waals surface area contributed by atoms with Crippen LogP contribution in [0.5, 0.6) is 5.75 Å². The summed E-state index contributed by atoms with van der Waals surface area (Å²) in [5.74, 6) is -1.32. The van der Waals surface area contributed by atoms with Crippen LogP contribution in [-0.4, -0.2) is 12.5 Å². The predicted molar refractivity (Wildman–Crippen MR) is 77.0 cm³/mol. The van der Waals surface area contributed by atoms with E-state index in [9.17, 15) is 22.4 Å². The Morgan fingerprint density at radius 2 is 1.87 bits per heavy atom. The molecule has 2 rings (SSSR count). The lowest BCUT2D eigenvalue weighted by atomic mass is 10.1. The summed E-state index contributed by atoms with van der Waals surface area (Å²) in [5.41, 5.74) is -1.33. The van der Waals surface area contributed by atoms with Crippen LogP contribution in [0.4, 0.5) is 23.2 Å². The van der Waals surface area contributed by atoms with Gasteiger partial charge in [0.2, 0.25) is 0 Å². The van der Waals surface area contributed by atoms with Crippen LogP contribution in [0, 0.1) is 5.82 Å². The zero-order valence-electron chi connectivity index (χ0n) is 11.5. The quantitative estimate of drug-likeness (QED) is 0.826. The number of amides is 1. The summed E-state index contributed by atoms with van der Waals surface area (Å²) in [6, 6.07) is 8.03. The second kappa shape index (κ2) is 6.87. The fraction of sp³-hybridized carbons (Fsp3) is 0.133. The van der Waals surface area contributed by atoms with Crippen molar-refractivity contribution in [3.8, 4) is 5.75 Å². The van der Waals surface area contributed by atoms with Crippen molar-refractivity contribution in [2.45, 2.75) is 6.18 Å². The maximum atomic E-state index is 13.0. The number of hydrogen-bond donors (Lipinski definition) is 1. The van der Waals surface area contributed by atoms with Gasteiger partial charge in [0.05, 0.1) is 16.3 Å². The van der Waals surface area contributed by atoms with Crippen molar-refractivity contribution in [3.63, 3.8) is 0 Å². The summed E-state index contributed by atoms with van der Waals surface area (Å²) in [6.07, 6.45) is -4.59. The average molecular weight is 348 g/mol. The fourth-order valence-electron chi connectivity index (χ4n) is 1.74. The van der Waals surface area contributed by atoms with Crippen molar-refractivity contribution in [3.05, 3.63) is 58.9 Å². The lowest BCUT2D eigenvalue weighted by molar-refractivity contribution is -0.137. The molecule has 0 fully saturated rings. The van der Waals surface area contributed by atoms with E-state index in [4.69, 9.17) is 16.3 Å². The molecule has 0 heterocycles. The van der Waals surface area contributed by atoms with Gasteiger partial charge in [-0.05, 0) is 24.3 Å². The first kappa shape index (κ1) is 17.1. The molecule has 1 N–H and O–H groups in total. The standard InChI is InChI=1S/C15H10ClF4NO2/c16-11-7-9(5-6-12(11)17)23-8-14(22)21-13-4-2-1-3-10(13)15(18,19)20/h1-7H,8H2,(H,21,22). The molecular formula is C15H10ClF4NO2. The molecule has 0 atom stereocenters. The molecule has 1 amide bonds. The Morgan fingerprint density at radius 3 is 2.52 bits per heavy atom. The number of ether oxygens (including phenoxy) is 1. The molecule has 0 aliphatic carbocycles. The number of rotatable bonds is 4.